The topological polar surface area (TPSA) is 50.7 Å². The molecule has 0 aliphatic rings. The van der Waals surface area contributed by atoms with Crippen molar-refractivity contribution in [3.63, 3.8) is 0 Å². The zero-order valence-electron chi connectivity index (χ0n) is 11.8. The Bertz CT molecular complexity index is 687. The molecule has 0 bridgehead atoms. The Morgan fingerprint density at radius 2 is 2.05 bits per heavy atom. The predicted molar refractivity (Wildman–Crippen MR) is 83.8 cm³/mol. The van der Waals surface area contributed by atoms with Crippen LogP contribution in [0.1, 0.15) is 11.1 Å². The first kappa shape index (κ1) is 16.0. The third kappa shape index (κ3) is 4.86. The van der Waals surface area contributed by atoms with Gasteiger partial charge in [0.05, 0.1) is 11.2 Å². The number of carbonyl (C=O) groups is 1. The quantitative estimate of drug-likeness (QED) is 0.678. The molecule has 0 aliphatic heterocycles. The lowest BCUT2D eigenvalue weighted by molar-refractivity contribution is -0.123. The third-order valence-corrected chi connectivity index (χ3v) is 3.07. The minimum absolute atomic E-state index is 0.155. The number of nitrogens with zero attached hydrogens (tertiary/aromatic N) is 1. The van der Waals surface area contributed by atoms with Crippen molar-refractivity contribution in [1.29, 1.82) is 0 Å². The van der Waals surface area contributed by atoms with E-state index in [1.54, 1.807) is 12.1 Å². The standard InChI is InChI=1S/C16H14ClFN2O2/c1-11-2-6-14(7-3-11)22-10-16(21)20-19-9-12-4-5-13(18)8-15(12)17/h2-9H,10H2,1H3,(H,20,21). The van der Waals surface area contributed by atoms with Crippen LogP contribution in [0.3, 0.4) is 0 Å². The van der Waals surface area contributed by atoms with Gasteiger partial charge in [-0.05, 0) is 37.3 Å². The van der Waals surface area contributed by atoms with Gasteiger partial charge in [0.1, 0.15) is 11.6 Å². The molecule has 0 heterocycles. The molecule has 6 heteroatoms. The highest BCUT2D eigenvalue weighted by atomic mass is 35.5. The van der Waals surface area contributed by atoms with Gasteiger partial charge < -0.3 is 4.74 Å². The Labute approximate surface area is 132 Å². The lowest BCUT2D eigenvalue weighted by Crippen LogP contribution is -2.24. The summed E-state index contributed by atoms with van der Waals surface area (Å²) in [5.74, 6) is -0.237. The van der Waals surface area contributed by atoms with Crippen molar-refractivity contribution < 1.29 is 13.9 Å². The summed E-state index contributed by atoms with van der Waals surface area (Å²) in [5.41, 5.74) is 3.92. The lowest BCUT2D eigenvalue weighted by atomic mass is 10.2. The fourth-order valence-electron chi connectivity index (χ4n) is 1.60. The molecule has 2 rings (SSSR count). The van der Waals surface area contributed by atoms with E-state index in [1.807, 2.05) is 19.1 Å². The smallest absolute Gasteiger partial charge is 0.277 e. The van der Waals surface area contributed by atoms with E-state index in [2.05, 4.69) is 10.5 Å². The molecule has 0 radical (unpaired) electrons. The predicted octanol–water partition coefficient (Wildman–Crippen LogP) is 3.32. The van der Waals surface area contributed by atoms with Crippen molar-refractivity contribution in [1.82, 2.24) is 5.43 Å². The molecule has 2 aromatic carbocycles. The third-order valence-electron chi connectivity index (χ3n) is 2.75. The van der Waals surface area contributed by atoms with Crippen LogP contribution in [0.5, 0.6) is 5.75 Å². The summed E-state index contributed by atoms with van der Waals surface area (Å²) in [5, 5.41) is 3.96. The van der Waals surface area contributed by atoms with Crippen molar-refractivity contribution in [3.8, 4) is 5.75 Å². The maximum absolute atomic E-state index is 12.9. The van der Waals surface area contributed by atoms with Crippen molar-refractivity contribution in [2.75, 3.05) is 6.61 Å². The largest absolute Gasteiger partial charge is 0.484 e. The number of rotatable bonds is 5. The average Bonchev–Trinajstić information content (AvgIpc) is 2.49. The number of nitrogens with one attached hydrogen (secondary N) is 1. The van der Waals surface area contributed by atoms with Gasteiger partial charge in [-0.1, -0.05) is 29.3 Å². The zero-order valence-corrected chi connectivity index (χ0v) is 12.6. The molecule has 114 valence electrons. The first-order valence-electron chi connectivity index (χ1n) is 6.51. The molecule has 2 aromatic rings. The fraction of sp³-hybridized carbons (Fsp3) is 0.125. The molecule has 0 saturated carbocycles. The second kappa shape index (κ2) is 7.56. The molecule has 0 fully saturated rings. The van der Waals surface area contributed by atoms with E-state index in [-0.39, 0.29) is 11.6 Å². The van der Waals surface area contributed by atoms with Crippen molar-refractivity contribution >= 4 is 23.7 Å². The van der Waals surface area contributed by atoms with Gasteiger partial charge >= 0.3 is 0 Å². The number of carbonyl (C=O) groups excluding carboxylic acids is 1. The van der Waals surface area contributed by atoms with E-state index in [1.165, 1.54) is 24.4 Å². The zero-order chi connectivity index (χ0) is 15.9. The summed E-state index contributed by atoms with van der Waals surface area (Å²) in [6.07, 6.45) is 1.34. The molecule has 22 heavy (non-hydrogen) atoms. The number of amides is 1. The van der Waals surface area contributed by atoms with Gasteiger partial charge in [0, 0.05) is 5.56 Å². The lowest BCUT2D eigenvalue weighted by Gasteiger charge is -2.05. The molecule has 1 N–H and O–H groups in total. The Kier molecular flexibility index (Phi) is 5.49. The van der Waals surface area contributed by atoms with E-state index >= 15 is 0 Å². The van der Waals surface area contributed by atoms with Gasteiger partial charge in [0.15, 0.2) is 6.61 Å². The Balaban J connectivity index is 1.82. The molecule has 0 unspecified atom stereocenters. The summed E-state index contributed by atoms with van der Waals surface area (Å²) in [6.45, 7) is 1.81. The highest BCUT2D eigenvalue weighted by Crippen LogP contribution is 2.15. The van der Waals surface area contributed by atoms with E-state index in [9.17, 15) is 9.18 Å². The first-order chi connectivity index (χ1) is 10.5. The minimum atomic E-state index is -0.433. The SMILES string of the molecule is Cc1ccc(OCC(=O)NN=Cc2ccc(F)cc2Cl)cc1. The Morgan fingerprint density at radius 3 is 2.73 bits per heavy atom. The highest BCUT2D eigenvalue weighted by molar-refractivity contribution is 6.33. The molecular weight excluding hydrogens is 307 g/mol. The highest BCUT2D eigenvalue weighted by Gasteiger charge is 2.02. The summed E-state index contributed by atoms with van der Waals surface area (Å²) < 4.78 is 18.2. The van der Waals surface area contributed by atoms with E-state index in [0.29, 0.717) is 11.3 Å². The molecular formula is C16H14ClFN2O2. The van der Waals surface area contributed by atoms with Crippen LogP contribution in [-0.4, -0.2) is 18.7 Å². The van der Waals surface area contributed by atoms with Gasteiger partial charge in [0.2, 0.25) is 0 Å². The molecule has 0 aromatic heterocycles. The second-order valence-electron chi connectivity index (χ2n) is 4.56. The normalized spacial score (nSPS) is 10.7. The summed E-state index contributed by atoms with van der Waals surface area (Å²) >= 11 is 5.83. The monoisotopic (exact) mass is 320 g/mol. The summed E-state index contributed by atoms with van der Waals surface area (Å²) in [7, 11) is 0. The number of hydrogen-bond acceptors (Lipinski definition) is 3. The average molecular weight is 321 g/mol. The van der Waals surface area contributed by atoms with E-state index < -0.39 is 11.7 Å². The van der Waals surface area contributed by atoms with Crippen molar-refractivity contribution in [2.45, 2.75) is 6.92 Å². The number of benzene rings is 2. The maximum atomic E-state index is 12.9. The minimum Gasteiger partial charge on any atom is -0.484 e. The summed E-state index contributed by atoms with van der Waals surface area (Å²) in [4.78, 5) is 11.6. The van der Waals surface area contributed by atoms with Gasteiger partial charge in [0.25, 0.3) is 5.91 Å². The van der Waals surface area contributed by atoms with Crippen LogP contribution >= 0.6 is 11.6 Å². The molecule has 4 nitrogen and oxygen atoms in total. The number of hydrazone groups is 1. The second-order valence-corrected chi connectivity index (χ2v) is 4.97. The number of halogens is 2. The summed E-state index contributed by atoms with van der Waals surface area (Å²) in [6, 6.07) is 11.2. The Hall–Kier alpha value is -2.40. The van der Waals surface area contributed by atoms with E-state index in [4.69, 9.17) is 16.3 Å². The van der Waals surface area contributed by atoms with Crippen LogP contribution in [0, 0.1) is 12.7 Å². The van der Waals surface area contributed by atoms with Gasteiger partial charge in [-0.15, -0.1) is 0 Å². The Morgan fingerprint density at radius 1 is 1.32 bits per heavy atom. The molecule has 0 aliphatic carbocycles. The van der Waals surface area contributed by atoms with Crippen molar-refractivity contribution in [3.05, 3.63) is 64.4 Å². The molecule has 0 saturated heterocycles. The van der Waals surface area contributed by atoms with Crippen LogP contribution in [0.25, 0.3) is 0 Å². The van der Waals surface area contributed by atoms with Gasteiger partial charge in [-0.3, -0.25) is 4.79 Å². The number of aryl methyl sites for hydroxylation is 1. The van der Waals surface area contributed by atoms with Gasteiger partial charge in [-0.25, -0.2) is 9.82 Å². The van der Waals surface area contributed by atoms with Crippen LogP contribution in [-0.2, 0) is 4.79 Å². The van der Waals surface area contributed by atoms with Crippen LogP contribution in [0.2, 0.25) is 5.02 Å². The number of hydrogen-bond donors (Lipinski definition) is 1. The fourth-order valence-corrected chi connectivity index (χ4v) is 1.81. The van der Waals surface area contributed by atoms with Crippen LogP contribution in [0.4, 0.5) is 4.39 Å². The molecule has 0 atom stereocenters. The molecule has 1 amide bonds. The maximum Gasteiger partial charge on any atom is 0.277 e. The van der Waals surface area contributed by atoms with Crippen molar-refractivity contribution in [2.24, 2.45) is 5.10 Å². The van der Waals surface area contributed by atoms with Crippen LogP contribution in [0.15, 0.2) is 47.6 Å². The van der Waals surface area contributed by atoms with E-state index in [0.717, 1.165) is 5.56 Å². The molecule has 0 spiro atoms. The van der Waals surface area contributed by atoms with Gasteiger partial charge in [-0.2, -0.15) is 5.10 Å². The first-order valence-corrected chi connectivity index (χ1v) is 6.89. The number of ether oxygens (including phenoxy) is 1. The van der Waals surface area contributed by atoms with Crippen LogP contribution < -0.4 is 10.2 Å².